The molecule has 0 unspecified atom stereocenters. The Morgan fingerprint density at radius 1 is 0.362 bits per heavy atom. The zero-order valence-electron chi connectivity index (χ0n) is 31.2. The summed E-state index contributed by atoms with van der Waals surface area (Å²) < 4.78 is 30.2. The molecule has 11 rings (SSSR count). The van der Waals surface area contributed by atoms with Crippen molar-refractivity contribution in [1.82, 2.24) is 9.55 Å². The van der Waals surface area contributed by atoms with Crippen LogP contribution in [-0.4, -0.2) is 18.0 Å². The van der Waals surface area contributed by atoms with E-state index in [1.165, 1.54) is 0 Å². The van der Waals surface area contributed by atoms with Gasteiger partial charge in [-0.3, -0.25) is 0 Å². The lowest BCUT2D eigenvalue weighted by atomic mass is 9.94. The van der Waals surface area contributed by atoms with Crippen molar-refractivity contribution in [3.05, 3.63) is 206 Å². The van der Waals surface area contributed by atoms with E-state index in [1.807, 2.05) is 54.6 Å². The highest BCUT2D eigenvalue weighted by molar-refractivity contribution is 7.92. The third-order valence-corrected chi connectivity index (χ3v) is 13.3. The number of hydrogen-bond acceptors (Lipinski definition) is 3. The fraction of sp³-hybridized carbons (Fsp3) is 0. The Morgan fingerprint density at radius 3 is 1.78 bits per heavy atom. The van der Waals surface area contributed by atoms with Crippen LogP contribution in [0.3, 0.4) is 0 Å². The van der Waals surface area contributed by atoms with Crippen molar-refractivity contribution in [2.24, 2.45) is 0 Å². The van der Waals surface area contributed by atoms with Gasteiger partial charge in [-0.2, -0.15) is 0 Å². The molecular formula is C53H34N2O2S. The predicted molar refractivity (Wildman–Crippen MR) is 237 cm³/mol. The van der Waals surface area contributed by atoms with Gasteiger partial charge in [0.2, 0.25) is 9.84 Å². The second-order valence-electron chi connectivity index (χ2n) is 14.7. The van der Waals surface area contributed by atoms with Crippen molar-refractivity contribution in [2.75, 3.05) is 0 Å². The molecular weight excluding hydrogens is 729 g/mol. The summed E-state index contributed by atoms with van der Waals surface area (Å²) in [6.45, 7) is 0. The fourth-order valence-electron chi connectivity index (χ4n) is 8.71. The SMILES string of the molecule is O=S1(=O)c2ccccc2-c2cccc(-c3cccc(-n4c5ccccc5c5cc(-c6ccccc6-c6cc(-c7ccccc7)cc(-c7ccccc7)n6)ccc54)c3)c21. The lowest BCUT2D eigenvalue weighted by Crippen LogP contribution is -2.00. The topological polar surface area (TPSA) is 52.0 Å². The monoisotopic (exact) mass is 762 g/mol. The second-order valence-corrected chi connectivity index (χ2v) is 16.6. The highest BCUT2D eigenvalue weighted by atomic mass is 32.2. The summed E-state index contributed by atoms with van der Waals surface area (Å²) in [5.41, 5.74) is 14.6. The van der Waals surface area contributed by atoms with Crippen LogP contribution in [-0.2, 0) is 9.84 Å². The Bertz CT molecular complexity index is 3290. The minimum absolute atomic E-state index is 0.365. The van der Waals surface area contributed by atoms with Crippen molar-refractivity contribution in [3.8, 4) is 72.7 Å². The number of hydrogen-bond donors (Lipinski definition) is 0. The molecule has 0 radical (unpaired) electrons. The molecule has 274 valence electrons. The molecule has 0 atom stereocenters. The van der Waals surface area contributed by atoms with E-state index in [-0.39, 0.29) is 0 Å². The highest BCUT2D eigenvalue weighted by Gasteiger charge is 2.35. The molecule has 0 fully saturated rings. The number of rotatable bonds is 6. The molecule has 4 nitrogen and oxygen atoms in total. The molecule has 1 aliphatic heterocycles. The molecule has 0 bridgehead atoms. The molecule has 10 aromatic rings. The van der Waals surface area contributed by atoms with Crippen LogP contribution < -0.4 is 0 Å². The van der Waals surface area contributed by atoms with Crippen LogP contribution in [0.15, 0.2) is 216 Å². The summed E-state index contributed by atoms with van der Waals surface area (Å²) in [4.78, 5) is 6.01. The van der Waals surface area contributed by atoms with Gasteiger partial charge in [0.25, 0.3) is 0 Å². The first kappa shape index (κ1) is 34.0. The fourth-order valence-corrected chi connectivity index (χ4v) is 10.6. The van der Waals surface area contributed by atoms with Gasteiger partial charge in [-0.1, -0.05) is 158 Å². The molecule has 0 saturated heterocycles. The average molecular weight is 763 g/mol. The van der Waals surface area contributed by atoms with E-state index in [0.29, 0.717) is 15.4 Å². The van der Waals surface area contributed by atoms with Crippen molar-refractivity contribution >= 4 is 31.6 Å². The molecule has 0 saturated carbocycles. The number of fused-ring (bicyclic) bond motifs is 6. The molecule has 0 amide bonds. The van der Waals surface area contributed by atoms with E-state index in [4.69, 9.17) is 4.98 Å². The third-order valence-electron chi connectivity index (χ3n) is 11.4. The summed E-state index contributed by atoms with van der Waals surface area (Å²) >= 11 is 0. The van der Waals surface area contributed by atoms with E-state index in [1.54, 1.807) is 12.1 Å². The molecule has 58 heavy (non-hydrogen) atoms. The van der Waals surface area contributed by atoms with Gasteiger partial charge >= 0.3 is 0 Å². The lowest BCUT2D eigenvalue weighted by molar-refractivity contribution is 0.599. The molecule has 0 N–H and O–H groups in total. The zero-order chi connectivity index (χ0) is 38.8. The van der Waals surface area contributed by atoms with E-state index in [0.717, 1.165) is 89.0 Å². The number of sulfone groups is 1. The number of pyridine rings is 1. The molecule has 1 aliphatic rings. The molecule has 2 aromatic heterocycles. The number of para-hydroxylation sites is 1. The smallest absolute Gasteiger partial charge is 0.208 e. The van der Waals surface area contributed by atoms with E-state index in [2.05, 4.69) is 144 Å². The Hall–Kier alpha value is -7.34. The first-order valence-corrected chi connectivity index (χ1v) is 20.9. The number of benzene rings is 8. The van der Waals surface area contributed by atoms with Crippen LogP contribution in [0.1, 0.15) is 0 Å². The van der Waals surface area contributed by atoms with Crippen LogP contribution in [0, 0.1) is 0 Å². The average Bonchev–Trinajstić information content (AvgIpc) is 3.75. The lowest BCUT2D eigenvalue weighted by Gasteiger charge is -2.14. The zero-order valence-corrected chi connectivity index (χ0v) is 32.1. The first-order valence-electron chi connectivity index (χ1n) is 19.4. The number of aromatic nitrogens is 2. The van der Waals surface area contributed by atoms with Crippen molar-refractivity contribution < 1.29 is 8.42 Å². The van der Waals surface area contributed by atoms with Crippen LogP contribution in [0.5, 0.6) is 0 Å². The largest absolute Gasteiger partial charge is 0.309 e. The third kappa shape index (κ3) is 5.43. The van der Waals surface area contributed by atoms with E-state index in [9.17, 15) is 8.42 Å². The minimum atomic E-state index is -3.68. The van der Waals surface area contributed by atoms with E-state index >= 15 is 0 Å². The Labute approximate surface area is 336 Å². The van der Waals surface area contributed by atoms with Gasteiger partial charge in [0.1, 0.15) is 0 Å². The van der Waals surface area contributed by atoms with Crippen LogP contribution in [0.25, 0.3) is 94.5 Å². The molecule has 5 heteroatoms. The quantitative estimate of drug-likeness (QED) is 0.169. The van der Waals surface area contributed by atoms with Gasteiger partial charge in [-0.25, -0.2) is 13.4 Å². The van der Waals surface area contributed by atoms with Crippen LogP contribution in [0.4, 0.5) is 0 Å². The molecule has 3 heterocycles. The van der Waals surface area contributed by atoms with Crippen molar-refractivity contribution in [3.63, 3.8) is 0 Å². The summed E-state index contributed by atoms with van der Waals surface area (Å²) in [5.74, 6) is 0. The van der Waals surface area contributed by atoms with Gasteiger partial charge in [0.15, 0.2) is 0 Å². The summed E-state index contributed by atoms with van der Waals surface area (Å²) in [7, 11) is -3.68. The normalized spacial score (nSPS) is 12.8. The Morgan fingerprint density at radius 2 is 0.948 bits per heavy atom. The Kier molecular flexibility index (Phi) is 7.85. The molecule has 8 aromatic carbocycles. The maximum Gasteiger partial charge on any atom is 0.208 e. The van der Waals surface area contributed by atoms with Crippen molar-refractivity contribution in [1.29, 1.82) is 0 Å². The minimum Gasteiger partial charge on any atom is -0.309 e. The van der Waals surface area contributed by atoms with Gasteiger partial charge in [0, 0.05) is 44.3 Å². The van der Waals surface area contributed by atoms with Gasteiger partial charge < -0.3 is 4.57 Å². The maximum absolute atomic E-state index is 14.0. The Balaban J connectivity index is 1.06. The predicted octanol–water partition coefficient (Wildman–Crippen LogP) is 13.3. The van der Waals surface area contributed by atoms with Crippen LogP contribution in [0.2, 0.25) is 0 Å². The van der Waals surface area contributed by atoms with Gasteiger partial charge in [-0.15, -0.1) is 0 Å². The number of nitrogens with zero attached hydrogens (tertiary/aromatic N) is 2. The summed E-state index contributed by atoms with van der Waals surface area (Å²) in [6, 6.07) is 70.2. The van der Waals surface area contributed by atoms with Crippen molar-refractivity contribution in [2.45, 2.75) is 9.79 Å². The standard InChI is InChI=1S/C53H34N2O2S/c56-58(57)52-28-12-10-24-45(52)46-26-14-25-42(53(46)58)37-19-13-20-40(31-37)55-50-27-11-9-23-44(50)47-32-38(29-30-51(47)55)41-21-7-8-22-43(41)49-34-39(35-15-3-1-4-16-35)33-48(54-49)36-17-5-2-6-18-36/h1-34H. The first-order chi connectivity index (χ1) is 28.5. The second kappa shape index (κ2) is 13.4. The highest BCUT2D eigenvalue weighted by Crippen LogP contribution is 2.48. The molecule has 0 aliphatic carbocycles. The maximum atomic E-state index is 14.0. The van der Waals surface area contributed by atoms with E-state index < -0.39 is 9.84 Å². The van der Waals surface area contributed by atoms with Gasteiger partial charge in [0.05, 0.1) is 32.2 Å². The van der Waals surface area contributed by atoms with Gasteiger partial charge in [-0.05, 0) is 76.3 Å². The van der Waals surface area contributed by atoms with Crippen LogP contribution >= 0.6 is 0 Å². The molecule has 0 spiro atoms. The summed E-state index contributed by atoms with van der Waals surface area (Å²) in [6.07, 6.45) is 0. The summed E-state index contributed by atoms with van der Waals surface area (Å²) in [5, 5.41) is 2.26.